The molecule has 0 aliphatic carbocycles. The molecule has 154 valence electrons. The summed E-state index contributed by atoms with van der Waals surface area (Å²) >= 11 is 5.80. The zero-order chi connectivity index (χ0) is 20.6. The van der Waals surface area contributed by atoms with Gasteiger partial charge < -0.3 is 10.1 Å². The molecule has 1 aromatic carbocycles. The Bertz CT molecular complexity index is 859. The molecule has 2 heterocycles. The summed E-state index contributed by atoms with van der Waals surface area (Å²) in [6.45, 7) is 4.15. The third kappa shape index (κ3) is 5.73. The van der Waals surface area contributed by atoms with Gasteiger partial charge in [0.2, 0.25) is 11.6 Å². The highest BCUT2D eigenvalue weighted by molar-refractivity contribution is 6.30. The highest BCUT2D eigenvalue weighted by atomic mass is 35.5. The highest BCUT2D eigenvalue weighted by Crippen LogP contribution is 2.28. The van der Waals surface area contributed by atoms with Gasteiger partial charge in [0.05, 0.1) is 18.1 Å². The highest BCUT2D eigenvalue weighted by Gasteiger charge is 2.23. The number of hydrazine groups is 1. The Labute approximate surface area is 171 Å². The minimum atomic E-state index is -0.603. The average molecular weight is 422 g/mol. The van der Waals surface area contributed by atoms with Gasteiger partial charge >= 0.3 is 5.69 Å². The van der Waals surface area contributed by atoms with E-state index in [0.29, 0.717) is 36.9 Å². The zero-order valence-corrected chi connectivity index (χ0v) is 16.2. The Balaban J connectivity index is 1.63. The molecular weight excluding hydrogens is 402 g/mol. The molecule has 0 bridgehead atoms. The van der Waals surface area contributed by atoms with Crippen LogP contribution in [0.4, 0.5) is 17.3 Å². The van der Waals surface area contributed by atoms with Crippen LogP contribution in [0.3, 0.4) is 0 Å². The standard InChI is InChI=1S/C17H20ClN7O4/c18-13-3-1-12(2-4-13)17(26)23-22-16-14(25(27)28)15(20-11-21-16)19-5-6-24-7-9-29-10-8-24/h1-4,11H,5-10H2,(H,23,26)(H2,19,20,21,22). The van der Waals surface area contributed by atoms with E-state index < -0.39 is 10.8 Å². The van der Waals surface area contributed by atoms with Crippen molar-refractivity contribution in [3.8, 4) is 0 Å². The first kappa shape index (κ1) is 20.7. The minimum absolute atomic E-state index is 0.0708. The number of rotatable bonds is 8. The van der Waals surface area contributed by atoms with E-state index in [9.17, 15) is 14.9 Å². The van der Waals surface area contributed by atoms with Gasteiger partial charge in [0.1, 0.15) is 6.33 Å². The molecule has 1 saturated heterocycles. The third-order valence-electron chi connectivity index (χ3n) is 4.23. The maximum atomic E-state index is 12.2. The number of aromatic nitrogens is 2. The first-order valence-electron chi connectivity index (χ1n) is 8.90. The van der Waals surface area contributed by atoms with Crippen LogP contribution in [0, 0.1) is 10.1 Å². The van der Waals surface area contributed by atoms with E-state index in [1.165, 1.54) is 18.5 Å². The van der Waals surface area contributed by atoms with Crippen LogP contribution >= 0.6 is 11.6 Å². The van der Waals surface area contributed by atoms with E-state index in [-0.39, 0.29) is 17.3 Å². The topological polar surface area (TPSA) is 135 Å². The summed E-state index contributed by atoms with van der Waals surface area (Å²) in [6.07, 6.45) is 1.18. The maximum absolute atomic E-state index is 12.2. The molecule has 1 aliphatic heterocycles. The van der Waals surface area contributed by atoms with Crippen molar-refractivity contribution in [2.45, 2.75) is 0 Å². The average Bonchev–Trinajstić information content (AvgIpc) is 2.73. The summed E-state index contributed by atoms with van der Waals surface area (Å²) in [5.41, 5.74) is 4.86. The lowest BCUT2D eigenvalue weighted by Crippen LogP contribution is -2.39. The number of amides is 1. The van der Waals surface area contributed by atoms with Crippen LogP contribution in [0.2, 0.25) is 5.02 Å². The number of morpholine rings is 1. The van der Waals surface area contributed by atoms with Gasteiger partial charge in [-0.3, -0.25) is 30.7 Å². The second-order valence-electron chi connectivity index (χ2n) is 6.14. The van der Waals surface area contributed by atoms with Gasteiger partial charge in [-0.2, -0.15) is 0 Å². The van der Waals surface area contributed by atoms with Crippen molar-refractivity contribution in [3.63, 3.8) is 0 Å². The van der Waals surface area contributed by atoms with Gasteiger partial charge in [0, 0.05) is 36.8 Å². The number of nitrogens with zero attached hydrogens (tertiary/aromatic N) is 4. The van der Waals surface area contributed by atoms with E-state index in [4.69, 9.17) is 16.3 Å². The van der Waals surface area contributed by atoms with E-state index >= 15 is 0 Å². The predicted molar refractivity (Wildman–Crippen MR) is 107 cm³/mol. The molecule has 12 heteroatoms. The first-order valence-corrected chi connectivity index (χ1v) is 9.27. The van der Waals surface area contributed by atoms with Gasteiger partial charge in [-0.15, -0.1) is 0 Å². The van der Waals surface area contributed by atoms with E-state index in [1.807, 2.05) is 0 Å². The molecule has 1 fully saturated rings. The number of nitrogens with one attached hydrogen (secondary N) is 3. The van der Waals surface area contributed by atoms with Crippen molar-refractivity contribution in [2.75, 3.05) is 50.1 Å². The molecule has 1 aromatic heterocycles. The second-order valence-corrected chi connectivity index (χ2v) is 6.58. The SMILES string of the molecule is O=C(NNc1ncnc(NCCN2CCOCC2)c1[N+](=O)[O-])c1ccc(Cl)cc1. The van der Waals surface area contributed by atoms with Gasteiger partial charge in [0.15, 0.2) is 0 Å². The van der Waals surface area contributed by atoms with Crippen molar-refractivity contribution in [2.24, 2.45) is 0 Å². The summed E-state index contributed by atoms with van der Waals surface area (Å²) in [5, 5.41) is 15.0. The van der Waals surface area contributed by atoms with Crippen LogP contribution in [0.25, 0.3) is 0 Å². The lowest BCUT2D eigenvalue weighted by atomic mass is 10.2. The maximum Gasteiger partial charge on any atom is 0.354 e. The zero-order valence-electron chi connectivity index (χ0n) is 15.4. The number of benzene rings is 1. The Morgan fingerprint density at radius 2 is 1.90 bits per heavy atom. The Morgan fingerprint density at radius 3 is 2.59 bits per heavy atom. The lowest BCUT2D eigenvalue weighted by Gasteiger charge is -2.26. The Morgan fingerprint density at radius 1 is 1.21 bits per heavy atom. The Kier molecular flexibility index (Phi) is 7.11. The van der Waals surface area contributed by atoms with Crippen LogP contribution in [0.1, 0.15) is 10.4 Å². The third-order valence-corrected chi connectivity index (χ3v) is 4.48. The number of carbonyl (C=O) groups is 1. The number of hydrogen-bond donors (Lipinski definition) is 3. The largest absolute Gasteiger partial charge is 0.379 e. The smallest absolute Gasteiger partial charge is 0.354 e. The first-order chi connectivity index (χ1) is 14.0. The fourth-order valence-electron chi connectivity index (χ4n) is 2.72. The number of nitro groups is 1. The van der Waals surface area contributed by atoms with E-state index in [2.05, 4.69) is 31.0 Å². The normalized spacial score (nSPS) is 14.2. The fraction of sp³-hybridized carbons (Fsp3) is 0.353. The van der Waals surface area contributed by atoms with Crippen molar-refractivity contribution < 1.29 is 14.5 Å². The molecule has 11 nitrogen and oxygen atoms in total. The minimum Gasteiger partial charge on any atom is -0.379 e. The lowest BCUT2D eigenvalue weighted by molar-refractivity contribution is -0.383. The monoisotopic (exact) mass is 421 g/mol. The Hall–Kier alpha value is -3.02. The summed E-state index contributed by atoms with van der Waals surface area (Å²) in [6, 6.07) is 6.21. The van der Waals surface area contributed by atoms with Crippen LogP contribution in [0.5, 0.6) is 0 Å². The molecule has 0 atom stereocenters. The van der Waals surface area contributed by atoms with Gasteiger partial charge in [-0.25, -0.2) is 9.97 Å². The van der Waals surface area contributed by atoms with Gasteiger partial charge in [-0.1, -0.05) is 11.6 Å². The summed E-state index contributed by atoms with van der Waals surface area (Å²) in [7, 11) is 0. The number of ether oxygens (including phenoxy) is 1. The number of carbonyl (C=O) groups excluding carboxylic acids is 1. The van der Waals surface area contributed by atoms with E-state index in [0.717, 1.165) is 13.1 Å². The summed E-state index contributed by atoms with van der Waals surface area (Å²) < 4.78 is 5.29. The number of halogens is 1. The number of anilines is 2. The molecule has 3 N–H and O–H groups in total. The van der Waals surface area contributed by atoms with Gasteiger partial charge in [-0.05, 0) is 24.3 Å². The molecule has 3 rings (SSSR count). The fourth-order valence-corrected chi connectivity index (χ4v) is 2.85. The predicted octanol–water partition coefficient (Wildman–Crippen LogP) is 1.54. The van der Waals surface area contributed by atoms with Crippen molar-refractivity contribution in [3.05, 3.63) is 51.3 Å². The van der Waals surface area contributed by atoms with Crippen LogP contribution in [0.15, 0.2) is 30.6 Å². The molecule has 0 spiro atoms. The van der Waals surface area contributed by atoms with Crippen molar-refractivity contribution in [1.29, 1.82) is 0 Å². The molecule has 1 aliphatic rings. The summed E-state index contributed by atoms with van der Waals surface area (Å²) in [4.78, 5) is 33.2. The number of hydrogen-bond acceptors (Lipinski definition) is 9. The molecule has 0 saturated carbocycles. The van der Waals surface area contributed by atoms with E-state index in [1.54, 1.807) is 12.1 Å². The van der Waals surface area contributed by atoms with Crippen molar-refractivity contribution >= 4 is 34.8 Å². The van der Waals surface area contributed by atoms with Crippen LogP contribution < -0.4 is 16.2 Å². The van der Waals surface area contributed by atoms with Gasteiger partial charge in [0.25, 0.3) is 5.91 Å². The van der Waals surface area contributed by atoms with Crippen molar-refractivity contribution in [1.82, 2.24) is 20.3 Å². The second kappa shape index (κ2) is 9.96. The molecule has 1 amide bonds. The molecule has 0 unspecified atom stereocenters. The molecule has 29 heavy (non-hydrogen) atoms. The molecule has 2 aromatic rings. The summed E-state index contributed by atoms with van der Waals surface area (Å²) in [5.74, 6) is -0.543. The quantitative estimate of drug-likeness (QED) is 0.428. The van der Waals surface area contributed by atoms with Crippen LogP contribution in [-0.4, -0.2) is 65.1 Å². The molecule has 0 radical (unpaired) electrons. The van der Waals surface area contributed by atoms with Crippen LogP contribution in [-0.2, 0) is 4.74 Å². The molecular formula is C17H20ClN7O4.